The fourth-order valence-electron chi connectivity index (χ4n) is 4.52. The average Bonchev–Trinajstić information content (AvgIpc) is 3.40. The fourth-order valence-corrected chi connectivity index (χ4v) is 6.16. The first-order valence-corrected chi connectivity index (χ1v) is 11.0. The van der Waals surface area contributed by atoms with Crippen molar-refractivity contribution >= 4 is 22.7 Å². The van der Waals surface area contributed by atoms with Gasteiger partial charge >= 0.3 is 0 Å². The van der Waals surface area contributed by atoms with Crippen molar-refractivity contribution in [1.82, 2.24) is 0 Å². The molecule has 4 aromatic rings. The third-order valence-electron chi connectivity index (χ3n) is 5.65. The Hall–Kier alpha value is -2.20. The highest BCUT2D eigenvalue weighted by Crippen LogP contribution is 2.50. The maximum atomic E-state index is 11.1. The molecule has 0 atom stereocenters. The Labute approximate surface area is 167 Å². The van der Waals surface area contributed by atoms with Crippen LogP contribution in [0, 0.1) is 0 Å². The maximum absolute atomic E-state index is 11.1. The predicted molar refractivity (Wildman–Crippen MR) is 114 cm³/mol. The van der Waals surface area contributed by atoms with Crippen molar-refractivity contribution in [3.63, 3.8) is 0 Å². The molecule has 0 unspecified atom stereocenters. The highest BCUT2D eigenvalue weighted by Gasteiger charge is 2.43. The lowest BCUT2D eigenvalue weighted by molar-refractivity contribution is 0.207. The third kappa shape index (κ3) is 2.78. The zero-order valence-electron chi connectivity index (χ0n) is 14.8. The van der Waals surface area contributed by atoms with E-state index < -0.39 is 6.10 Å². The summed E-state index contributed by atoms with van der Waals surface area (Å²) in [5.41, 5.74) is 4.45. The minimum absolute atomic E-state index is 0.165. The van der Waals surface area contributed by atoms with E-state index in [4.69, 9.17) is 0 Å². The fraction of sp³-hybridized carbons (Fsp3) is 0.167. The average molecular weight is 389 g/mol. The second kappa shape index (κ2) is 6.75. The molecule has 1 aliphatic rings. The van der Waals surface area contributed by atoms with Crippen LogP contribution in [0.2, 0.25) is 0 Å². The molecule has 0 saturated carbocycles. The van der Waals surface area contributed by atoms with Gasteiger partial charge in [0.05, 0.1) is 0 Å². The molecule has 1 N–H and O–H groups in total. The second-order valence-electron chi connectivity index (χ2n) is 7.17. The SMILES string of the molecule is OC1c2ccccc2C(Cc2cccs2)(Cc2cccs2)c2ccccc21. The van der Waals surface area contributed by atoms with E-state index in [9.17, 15) is 5.11 Å². The molecule has 27 heavy (non-hydrogen) atoms. The number of hydrogen-bond acceptors (Lipinski definition) is 3. The lowest BCUT2D eigenvalue weighted by atomic mass is 9.62. The third-order valence-corrected chi connectivity index (χ3v) is 7.41. The summed E-state index contributed by atoms with van der Waals surface area (Å²) in [4.78, 5) is 2.76. The van der Waals surface area contributed by atoms with Crippen LogP contribution >= 0.6 is 22.7 Å². The number of thiophene rings is 2. The first kappa shape index (κ1) is 16.9. The molecule has 1 aliphatic carbocycles. The van der Waals surface area contributed by atoms with E-state index >= 15 is 0 Å². The molecule has 0 bridgehead atoms. The molecular weight excluding hydrogens is 368 g/mol. The standard InChI is InChI=1S/C24H20OS2/c25-23-19-9-1-3-11-21(19)24(15-17-7-5-13-26-17,16-18-8-6-14-27-18)22-12-4-2-10-20(22)23/h1-14,23,25H,15-16H2. The molecule has 2 heterocycles. The number of aliphatic hydroxyl groups is 1. The van der Waals surface area contributed by atoms with Crippen molar-refractivity contribution in [2.24, 2.45) is 0 Å². The highest BCUT2D eigenvalue weighted by molar-refractivity contribution is 7.10. The van der Waals surface area contributed by atoms with E-state index in [2.05, 4.69) is 71.4 Å². The summed E-state index contributed by atoms with van der Waals surface area (Å²) in [5, 5.41) is 15.4. The summed E-state index contributed by atoms with van der Waals surface area (Å²) in [6.07, 6.45) is 1.34. The topological polar surface area (TPSA) is 20.2 Å². The van der Waals surface area contributed by atoms with Crippen molar-refractivity contribution in [2.45, 2.75) is 24.4 Å². The first-order valence-electron chi connectivity index (χ1n) is 9.19. The summed E-state index contributed by atoms with van der Waals surface area (Å²) < 4.78 is 0. The molecule has 0 saturated heterocycles. The molecular formula is C24H20OS2. The van der Waals surface area contributed by atoms with Gasteiger partial charge in [0.25, 0.3) is 0 Å². The van der Waals surface area contributed by atoms with E-state index in [0.717, 1.165) is 24.0 Å². The lowest BCUT2D eigenvalue weighted by Crippen LogP contribution is -2.38. The minimum atomic E-state index is -0.558. The van der Waals surface area contributed by atoms with Gasteiger partial charge in [-0.2, -0.15) is 0 Å². The molecule has 0 spiro atoms. The highest BCUT2D eigenvalue weighted by atomic mass is 32.1. The Kier molecular flexibility index (Phi) is 4.24. The number of fused-ring (bicyclic) bond motifs is 2. The number of rotatable bonds is 4. The van der Waals surface area contributed by atoms with Gasteiger partial charge in [0.1, 0.15) is 6.10 Å². The molecule has 0 fully saturated rings. The van der Waals surface area contributed by atoms with Crippen molar-refractivity contribution in [3.8, 4) is 0 Å². The van der Waals surface area contributed by atoms with Gasteiger partial charge < -0.3 is 5.11 Å². The summed E-state index contributed by atoms with van der Waals surface area (Å²) in [5.74, 6) is 0. The maximum Gasteiger partial charge on any atom is 0.105 e. The molecule has 1 nitrogen and oxygen atoms in total. The van der Waals surface area contributed by atoms with E-state index in [1.165, 1.54) is 20.9 Å². The van der Waals surface area contributed by atoms with E-state index in [-0.39, 0.29) is 5.41 Å². The van der Waals surface area contributed by atoms with Gasteiger partial charge in [-0.05, 0) is 58.0 Å². The Morgan fingerprint density at radius 3 is 1.59 bits per heavy atom. The smallest absolute Gasteiger partial charge is 0.105 e. The normalized spacial score (nSPS) is 15.3. The Bertz CT molecular complexity index is 962. The zero-order chi connectivity index (χ0) is 18.3. The van der Waals surface area contributed by atoms with E-state index in [0.29, 0.717) is 0 Å². The van der Waals surface area contributed by atoms with Gasteiger partial charge in [0.2, 0.25) is 0 Å². The second-order valence-corrected chi connectivity index (χ2v) is 9.24. The van der Waals surface area contributed by atoms with Crippen LogP contribution in [0.5, 0.6) is 0 Å². The number of aliphatic hydroxyl groups excluding tert-OH is 1. The summed E-state index contributed by atoms with van der Waals surface area (Å²) >= 11 is 3.64. The molecule has 2 aromatic carbocycles. The number of benzene rings is 2. The van der Waals surface area contributed by atoms with Gasteiger partial charge in [0, 0.05) is 15.2 Å². The molecule has 0 radical (unpaired) electrons. The van der Waals surface area contributed by atoms with Gasteiger partial charge in [-0.1, -0.05) is 60.7 Å². The van der Waals surface area contributed by atoms with Crippen LogP contribution in [0.1, 0.15) is 38.1 Å². The van der Waals surface area contributed by atoms with E-state index in [1.54, 1.807) is 0 Å². The van der Waals surface area contributed by atoms with Gasteiger partial charge in [-0.25, -0.2) is 0 Å². The van der Waals surface area contributed by atoms with Crippen LogP contribution in [0.3, 0.4) is 0 Å². The Balaban J connectivity index is 1.79. The van der Waals surface area contributed by atoms with Gasteiger partial charge in [0.15, 0.2) is 0 Å². The minimum Gasteiger partial charge on any atom is -0.384 e. The van der Waals surface area contributed by atoms with Crippen LogP contribution in [-0.2, 0) is 18.3 Å². The Morgan fingerprint density at radius 1 is 0.667 bits per heavy atom. The molecule has 3 heteroatoms. The lowest BCUT2D eigenvalue weighted by Gasteiger charge is -2.42. The van der Waals surface area contributed by atoms with Crippen LogP contribution in [-0.4, -0.2) is 5.11 Å². The summed E-state index contributed by atoms with van der Waals surface area (Å²) in [7, 11) is 0. The van der Waals surface area contributed by atoms with Gasteiger partial charge in [-0.3, -0.25) is 0 Å². The van der Waals surface area contributed by atoms with Crippen molar-refractivity contribution in [1.29, 1.82) is 0 Å². The quantitative estimate of drug-likeness (QED) is 0.456. The summed E-state index contributed by atoms with van der Waals surface area (Å²) in [6.45, 7) is 0. The van der Waals surface area contributed by atoms with Crippen LogP contribution < -0.4 is 0 Å². The molecule has 2 aromatic heterocycles. The largest absolute Gasteiger partial charge is 0.384 e. The molecule has 0 amide bonds. The molecule has 5 rings (SSSR count). The monoisotopic (exact) mass is 388 g/mol. The Morgan fingerprint density at radius 2 is 1.15 bits per heavy atom. The van der Waals surface area contributed by atoms with Crippen LogP contribution in [0.4, 0.5) is 0 Å². The summed E-state index contributed by atoms with van der Waals surface area (Å²) in [6, 6.07) is 25.6. The molecule has 134 valence electrons. The predicted octanol–water partition coefficient (Wildman–Crippen LogP) is 5.98. The molecule has 0 aliphatic heterocycles. The first-order chi connectivity index (χ1) is 13.3. The van der Waals surface area contributed by atoms with Crippen molar-refractivity contribution < 1.29 is 5.11 Å². The van der Waals surface area contributed by atoms with Gasteiger partial charge in [-0.15, -0.1) is 22.7 Å². The zero-order valence-corrected chi connectivity index (χ0v) is 16.5. The van der Waals surface area contributed by atoms with Crippen molar-refractivity contribution in [2.75, 3.05) is 0 Å². The van der Waals surface area contributed by atoms with Crippen LogP contribution in [0.15, 0.2) is 83.6 Å². The van der Waals surface area contributed by atoms with Crippen LogP contribution in [0.25, 0.3) is 0 Å². The number of hydrogen-bond donors (Lipinski definition) is 1. The van der Waals surface area contributed by atoms with Crippen molar-refractivity contribution in [3.05, 3.63) is 116 Å². The van der Waals surface area contributed by atoms with E-state index in [1.807, 2.05) is 34.8 Å².